The largest absolute Gasteiger partial charge is 0.481 e. The van der Waals surface area contributed by atoms with Gasteiger partial charge in [-0.15, -0.1) is 10.2 Å². The van der Waals surface area contributed by atoms with E-state index in [1.807, 2.05) is 0 Å². The SMILES string of the molecule is CCCc1nnc(SCC(=O)O)n1CCC(C)(C)C. The highest BCUT2D eigenvalue weighted by Crippen LogP contribution is 2.23. The number of nitrogens with zero attached hydrogens (tertiary/aromatic N) is 3. The highest BCUT2D eigenvalue weighted by molar-refractivity contribution is 7.99. The predicted molar refractivity (Wildman–Crippen MR) is 76.4 cm³/mol. The Kier molecular flexibility index (Phi) is 5.85. The number of hydrogen-bond acceptors (Lipinski definition) is 4. The topological polar surface area (TPSA) is 68.0 Å². The van der Waals surface area contributed by atoms with Crippen LogP contribution in [-0.4, -0.2) is 31.6 Å². The van der Waals surface area contributed by atoms with Gasteiger partial charge in [-0.3, -0.25) is 4.79 Å². The zero-order valence-electron chi connectivity index (χ0n) is 12.1. The van der Waals surface area contributed by atoms with Gasteiger partial charge in [0, 0.05) is 13.0 Å². The molecule has 1 rings (SSSR count). The molecular weight excluding hydrogens is 262 g/mol. The van der Waals surface area contributed by atoms with E-state index in [1.54, 1.807) is 0 Å². The third kappa shape index (κ3) is 5.63. The molecule has 1 aromatic rings. The van der Waals surface area contributed by atoms with Crippen LogP contribution in [0.15, 0.2) is 5.16 Å². The van der Waals surface area contributed by atoms with Crippen LogP contribution in [0, 0.1) is 5.41 Å². The van der Waals surface area contributed by atoms with Crippen LogP contribution >= 0.6 is 11.8 Å². The number of carboxylic acid groups (broad SMARTS) is 1. The molecule has 1 aromatic heterocycles. The fourth-order valence-electron chi connectivity index (χ4n) is 1.63. The van der Waals surface area contributed by atoms with Crippen LogP contribution in [0.4, 0.5) is 0 Å². The molecular formula is C13H23N3O2S. The van der Waals surface area contributed by atoms with Gasteiger partial charge in [-0.05, 0) is 18.3 Å². The first-order chi connectivity index (χ1) is 8.83. The molecule has 1 N–H and O–H groups in total. The standard InChI is InChI=1S/C13H23N3O2S/c1-5-6-10-14-15-12(19-9-11(17)18)16(10)8-7-13(2,3)4/h5-9H2,1-4H3,(H,17,18). The molecule has 5 nitrogen and oxygen atoms in total. The van der Waals surface area contributed by atoms with Crippen LogP contribution in [0.25, 0.3) is 0 Å². The molecule has 0 spiro atoms. The number of aliphatic carboxylic acids is 1. The third-order valence-electron chi connectivity index (χ3n) is 2.68. The summed E-state index contributed by atoms with van der Waals surface area (Å²) in [4.78, 5) is 10.7. The van der Waals surface area contributed by atoms with E-state index in [1.165, 1.54) is 11.8 Å². The maximum Gasteiger partial charge on any atom is 0.313 e. The number of carboxylic acids is 1. The molecule has 0 amide bonds. The average Bonchev–Trinajstić information content (AvgIpc) is 2.66. The molecule has 0 saturated carbocycles. The number of thioether (sulfide) groups is 1. The fourth-order valence-corrected chi connectivity index (χ4v) is 2.34. The maximum absolute atomic E-state index is 10.7. The lowest BCUT2D eigenvalue weighted by molar-refractivity contribution is -0.133. The van der Waals surface area contributed by atoms with Gasteiger partial charge < -0.3 is 9.67 Å². The normalized spacial score (nSPS) is 11.8. The van der Waals surface area contributed by atoms with Crippen LogP contribution in [0.3, 0.4) is 0 Å². The summed E-state index contributed by atoms with van der Waals surface area (Å²) in [7, 11) is 0. The van der Waals surface area contributed by atoms with Crippen LogP contribution < -0.4 is 0 Å². The van der Waals surface area contributed by atoms with Crippen molar-refractivity contribution in [3.8, 4) is 0 Å². The maximum atomic E-state index is 10.7. The molecule has 0 atom stereocenters. The second-order valence-corrected chi connectivity index (χ2v) is 6.74. The number of rotatable bonds is 7. The van der Waals surface area contributed by atoms with E-state index in [9.17, 15) is 4.79 Å². The Balaban J connectivity index is 2.81. The van der Waals surface area contributed by atoms with Gasteiger partial charge in [0.25, 0.3) is 0 Å². The minimum atomic E-state index is -0.826. The summed E-state index contributed by atoms with van der Waals surface area (Å²) in [5.74, 6) is 0.159. The molecule has 0 fully saturated rings. The molecule has 1 heterocycles. The van der Waals surface area contributed by atoms with Crippen molar-refractivity contribution < 1.29 is 9.90 Å². The zero-order valence-corrected chi connectivity index (χ0v) is 13.0. The van der Waals surface area contributed by atoms with E-state index in [4.69, 9.17) is 5.11 Å². The van der Waals surface area contributed by atoms with Crippen LogP contribution in [0.2, 0.25) is 0 Å². The van der Waals surface area contributed by atoms with Gasteiger partial charge in [-0.1, -0.05) is 39.5 Å². The van der Waals surface area contributed by atoms with Crippen molar-refractivity contribution in [2.45, 2.75) is 58.7 Å². The molecule has 6 heteroatoms. The van der Waals surface area contributed by atoms with Gasteiger partial charge in [0.15, 0.2) is 5.16 Å². The van der Waals surface area contributed by atoms with Gasteiger partial charge in [0.05, 0.1) is 5.75 Å². The van der Waals surface area contributed by atoms with Crippen molar-refractivity contribution in [3.63, 3.8) is 0 Å². The summed E-state index contributed by atoms with van der Waals surface area (Å²) >= 11 is 1.24. The van der Waals surface area contributed by atoms with Gasteiger partial charge in [0.1, 0.15) is 5.82 Å². The van der Waals surface area contributed by atoms with Crippen molar-refractivity contribution in [1.29, 1.82) is 0 Å². The first-order valence-electron chi connectivity index (χ1n) is 6.60. The molecule has 0 aromatic carbocycles. The van der Waals surface area contributed by atoms with Gasteiger partial charge in [-0.25, -0.2) is 0 Å². The monoisotopic (exact) mass is 285 g/mol. The van der Waals surface area contributed by atoms with E-state index in [0.717, 1.165) is 36.8 Å². The summed E-state index contributed by atoms with van der Waals surface area (Å²) in [6.07, 6.45) is 2.91. The van der Waals surface area contributed by atoms with Crippen LogP contribution in [0.5, 0.6) is 0 Å². The van der Waals surface area contributed by atoms with E-state index < -0.39 is 5.97 Å². The first-order valence-corrected chi connectivity index (χ1v) is 7.58. The molecule has 0 bridgehead atoms. The zero-order chi connectivity index (χ0) is 14.5. The fraction of sp³-hybridized carbons (Fsp3) is 0.769. The minimum absolute atomic E-state index is 0.0276. The third-order valence-corrected chi connectivity index (χ3v) is 3.63. The molecule has 108 valence electrons. The van der Waals surface area contributed by atoms with Crippen molar-refractivity contribution in [3.05, 3.63) is 5.82 Å². The van der Waals surface area contributed by atoms with E-state index in [0.29, 0.717) is 0 Å². The molecule has 0 unspecified atom stereocenters. The second kappa shape index (κ2) is 6.93. The van der Waals surface area contributed by atoms with Gasteiger partial charge in [-0.2, -0.15) is 0 Å². The molecule has 0 saturated heterocycles. The summed E-state index contributed by atoms with van der Waals surface area (Å²) < 4.78 is 2.07. The van der Waals surface area contributed by atoms with Crippen molar-refractivity contribution >= 4 is 17.7 Å². The minimum Gasteiger partial charge on any atom is -0.481 e. The summed E-state index contributed by atoms with van der Waals surface area (Å²) in [6.45, 7) is 9.53. The summed E-state index contributed by atoms with van der Waals surface area (Å²) in [5.41, 5.74) is 0.239. The lowest BCUT2D eigenvalue weighted by Crippen LogP contribution is -2.13. The Labute approximate surface area is 118 Å². The number of aromatic nitrogens is 3. The quantitative estimate of drug-likeness (QED) is 0.780. The van der Waals surface area contributed by atoms with E-state index in [-0.39, 0.29) is 11.2 Å². The Morgan fingerprint density at radius 1 is 1.37 bits per heavy atom. The first kappa shape index (κ1) is 16.0. The Morgan fingerprint density at radius 2 is 2.05 bits per heavy atom. The van der Waals surface area contributed by atoms with E-state index in [2.05, 4.69) is 42.5 Å². The predicted octanol–water partition coefficient (Wildman–Crippen LogP) is 2.84. The van der Waals surface area contributed by atoms with Crippen molar-refractivity contribution in [2.24, 2.45) is 5.41 Å². The van der Waals surface area contributed by atoms with Crippen molar-refractivity contribution in [1.82, 2.24) is 14.8 Å². The highest BCUT2D eigenvalue weighted by Gasteiger charge is 2.16. The second-order valence-electron chi connectivity index (χ2n) is 5.79. The van der Waals surface area contributed by atoms with Gasteiger partial charge in [0.2, 0.25) is 0 Å². The highest BCUT2D eigenvalue weighted by atomic mass is 32.2. The Morgan fingerprint density at radius 3 is 2.58 bits per heavy atom. The smallest absolute Gasteiger partial charge is 0.313 e. The lowest BCUT2D eigenvalue weighted by atomic mass is 9.92. The number of hydrogen-bond donors (Lipinski definition) is 1. The van der Waals surface area contributed by atoms with Crippen LogP contribution in [0.1, 0.15) is 46.4 Å². The van der Waals surface area contributed by atoms with Crippen LogP contribution in [-0.2, 0) is 17.8 Å². The molecule has 0 aliphatic heterocycles. The van der Waals surface area contributed by atoms with E-state index >= 15 is 0 Å². The molecule has 0 aliphatic rings. The number of carbonyl (C=O) groups is 1. The molecule has 19 heavy (non-hydrogen) atoms. The Bertz CT molecular complexity index is 424. The number of aryl methyl sites for hydroxylation is 1. The Hall–Kier alpha value is -1.04. The average molecular weight is 285 g/mol. The van der Waals surface area contributed by atoms with Crippen molar-refractivity contribution in [2.75, 3.05) is 5.75 Å². The molecule has 0 radical (unpaired) electrons. The lowest BCUT2D eigenvalue weighted by Gasteiger charge is -2.19. The van der Waals surface area contributed by atoms with Gasteiger partial charge >= 0.3 is 5.97 Å². The summed E-state index contributed by atoms with van der Waals surface area (Å²) in [6, 6.07) is 0. The molecule has 0 aliphatic carbocycles. The summed E-state index contributed by atoms with van der Waals surface area (Å²) in [5, 5.41) is 17.8.